The van der Waals surface area contributed by atoms with E-state index in [9.17, 15) is 9.18 Å². The minimum absolute atomic E-state index is 0.432. The van der Waals surface area contributed by atoms with E-state index in [1.54, 1.807) is 19.2 Å². The monoisotopic (exact) mass is 433 g/mol. The van der Waals surface area contributed by atoms with Gasteiger partial charge in [0.15, 0.2) is 6.67 Å². The van der Waals surface area contributed by atoms with E-state index in [0.29, 0.717) is 5.75 Å². The number of ether oxygens (including phenoxy) is 1. The molecule has 0 aliphatic carbocycles. The third-order valence-corrected chi connectivity index (χ3v) is 4.86. The number of rotatable bonds is 9. The average molecular weight is 434 g/mol. The molecule has 2 aromatic carbocycles. The zero-order valence-electron chi connectivity index (χ0n) is 18.6. The van der Waals surface area contributed by atoms with Crippen LogP contribution in [0.5, 0.6) is 5.75 Å². The van der Waals surface area contributed by atoms with Crippen LogP contribution in [0.3, 0.4) is 0 Å². The Morgan fingerprint density at radius 2 is 2.00 bits per heavy atom. The average Bonchev–Trinajstić information content (AvgIpc) is 3.20. The fourth-order valence-corrected chi connectivity index (χ4v) is 3.50. The molecule has 2 atom stereocenters. The number of carbonyl (C=O) groups is 1. The molecule has 1 heterocycles. The van der Waals surface area contributed by atoms with Gasteiger partial charge in [0.25, 0.3) is 5.91 Å². The maximum Gasteiger partial charge on any atom is 0.251 e. The lowest BCUT2D eigenvalue weighted by Gasteiger charge is -2.26. The highest BCUT2D eigenvalue weighted by Crippen LogP contribution is 2.29. The molecular formula is C26H28FN3O2. The number of halogens is 1. The van der Waals surface area contributed by atoms with Gasteiger partial charge in [-0.3, -0.25) is 4.79 Å². The van der Waals surface area contributed by atoms with Gasteiger partial charge in [-0.1, -0.05) is 48.6 Å². The maximum atomic E-state index is 12.7. The SMILES string of the molecule is C=C/C=C(\C=C(C)C)n1ncc2cc(O[C@H](c3ccccc3)[C@H](C)NC(=O)CF)ccc21. The summed E-state index contributed by atoms with van der Waals surface area (Å²) in [5, 5.41) is 8.10. The Kier molecular flexibility index (Phi) is 7.60. The molecule has 32 heavy (non-hydrogen) atoms. The zero-order valence-corrected chi connectivity index (χ0v) is 18.6. The summed E-state index contributed by atoms with van der Waals surface area (Å²) in [5.74, 6) is -0.0386. The molecule has 0 saturated heterocycles. The van der Waals surface area contributed by atoms with Gasteiger partial charge in [-0.05, 0) is 56.7 Å². The second-order valence-corrected chi connectivity index (χ2v) is 7.76. The molecule has 0 radical (unpaired) electrons. The van der Waals surface area contributed by atoms with Gasteiger partial charge in [-0.15, -0.1) is 0 Å². The normalized spacial score (nSPS) is 13.3. The van der Waals surface area contributed by atoms with Crippen LogP contribution in [-0.4, -0.2) is 28.4 Å². The summed E-state index contributed by atoms with van der Waals surface area (Å²) >= 11 is 0. The molecule has 5 nitrogen and oxygen atoms in total. The van der Waals surface area contributed by atoms with Gasteiger partial charge >= 0.3 is 0 Å². The van der Waals surface area contributed by atoms with Crippen LogP contribution in [0.25, 0.3) is 16.6 Å². The molecule has 0 spiro atoms. The quantitative estimate of drug-likeness (QED) is 0.445. The third-order valence-electron chi connectivity index (χ3n) is 4.86. The van der Waals surface area contributed by atoms with Crippen LogP contribution in [-0.2, 0) is 4.79 Å². The van der Waals surface area contributed by atoms with Crippen molar-refractivity contribution in [1.29, 1.82) is 0 Å². The molecule has 3 aromatic rings. The molecule has 0 fully saturated rings. The summed E-state index contributed by atoms with van der Waals surface area (Å²) in [4.78, 5) is 11.6. The molecular weight excluding hydrogens is 405 g/mol. The van der Waals surface area contributed by atoms with Crippen LogP contribution < -0.4 is 10.1 Å². The standard InChI is InChI=1S/C26H28FN3O2/c1-5-9-22(14-18(2)3)30-24-13-12-23(15-21(24)17-28-30)32-26(19(4)29-25(31)16-27)20-10-7-6-8-11-20/h5-15,17,19,26H,1,16H2,2-4H3,(H,29,31)/b22-9+/t19-,26-/m0/s1. The number of alkyl halides is 1. The number of hydrogen-bond acceptors (Lipinski definition) is 3. The second kappa shape index (κ2) is 10.6. The predicted octanol–water partition coefficient (Wildman–Crippen LogP) is 5.62. The summed E-state index contributed by atoms with van der Waals surface area (Å²) in [6, 6.07) is 14.8. The third kappa shape index (κ3) is 5.52. The minimum Gasteiger partial charge on any atom is -0.484 e. The largest absolute Gasteiger partial charge is 0.484 e. The van der Waals surface area contributed by atoms with Crippen LogP contribution in [0, 0.1) is 0 Å². The van der Waals surface area contributed by atoms with Gasteiger partial charge in [0.2, 0.25) is 0 Å². The molecule has 0 aliphatic rings. The first-order valence-electron chi connectivity index (χ1n) is 10.5. The summed E-state index contributed by atoms with van der Waals surface area (Å²) < 4.78 is 20.9. The van der Waals surface area contributed by atoms with Crippen molar-refractivity contribution in [3.63, 3.8) is 0 Å². The molecule has 1 N–H and O–H groups in total. The van der Waals surface area contributed by atoms with E-state index in [-0.39, 0.29) is 0 Å². The van der Waals surface area contributed by atoms with E-state index in [2.05, 4.69) is 17.0 Å². The lowest BCUT2D eigenvalue weighted by molar-refractivity contribution is -0.123. The molecule has 0 saturated carbocycles. The van der Waals surface area contributed by atoms with Crippen molar-refractivity contribution in [2.75, 3.05) is 6.67 Å². The molecule has 1 aromatic heterocycles. The highest BCUT2D eigenvalue weighted by atomic mass is 19.1. The number of aromatic nitrogens is 2. The summed E-state index contributed by atoms with van der Waals surface area (Å²) in [6.07, 6.45) is 6.98. The Labute approximate surface area is 187 Å². The van der Waals surface area contributed by atoms with E-state index in [4.69, 9.17) is 4.74 Å². The van der Waals surface area contributed by atoms with Gasteiger partial charge in [0.05, 0.1) is 23.5 Å². The van der Waals surface area contributed by atoms with Crippen LogP contribution in [0.15, 0.2) is 85.1 Å². The fourth-order valence-electron chi connectivity index (χ4n) is 3.50. The highest BCUT2D eigenvalue weighted by Gasteiger charge is 2.23. The summed E-state index contributed by atoms with van der Waals surface area (Å²) in [6.45, 7) is 8.59. The lowest BCUT2D eigenvalue weighted by Crippen LogP contribution is -2.39. The number of fused-ring (bicyclic) bond motifs is 1. The van der Waals surface area contributed by atoms with E-state index in [0.717, 1.165) is 27.7 Å². The van der Waals surface area contributed by atoms with Gasteiger partial charge < -0.3 is 10.1 Å². The van der Waals surface area contributed by atoms with E-state index < -0.39 is 24.7 Å². The number of nitrogens with zero attached hydrogens (tertiary/aromatic N) is 2. The Hall–Kier alpha value is -3.67. The van der Waals surface area contributed by atoms with Gasteiger partial charge in [0, 0.05) is 5.39 Å². The first-order valence-corrected chi connectivity index (χ1v) is 10.5. The first kappa shape index (κ1) is 23.0. The van der Waals surface area contributed by atoms with Crippen molar-refractivity contribution >= 4 is 22.5 Å². The number of allylic oxidation sites excluding steroid dienone is 5. The number of carbonyl (C=O) groups excluding carboxylic acids is 1. The molecule has 3 rings (SSSR count). The van der Waals surface area contributed by atoms with Crippen molar-refractivity contribution < 1.29 is 13.9 Å². The maximum absolute atomic E-state index is 12.7. The van der Waals surface area contributed by atoms with Crippen molar-refractivity contribution in [3.05, 3.63) is 90.7 Å². The van der Waals surface area contributed by atoms with Crippen LogP contribution >= 0.6 is 0 Å². The Morgan fingerprint density at radius 3 is 2.66 bits per heavy atom. The summed E-state index contributed by atoms with van der Waals surface area (Å²) in [7, 11) is 0. The smallest absolute Gasteiger partial charge is 0.251 e. The van der Waals surface area contributed by atoms with Crippen LogP contribution in [0.1, 0.15) is 32.4 Å². The molecule has 0 bridgehead atoms. The number of nitrogens with one attached hydrogen (secondary N) is 1. The second-order valence-electron chi connectivity index (χ2n) is 7.76. The molecule has 166 valence electrons. The van der Waals surface area contributed by atoms with Crippen molar-refractivity contribution in [2.45, 2.75) is 32.9 Å². The first-order chi connectivity index (χ1) is 15.4. The van der Waals surface area contributed by atoms with Gasteiger partial charge in [-0.2, -0.15) is 5.10 Å². The van der Waals surface area contributed by atoms with Crippen molar-refractivity contribution in [1.82, 2.24) is 15.1 Å². The van der Waals surface area contributed by atoms with Gasteiger partial charge in [-0.25, -0.2) is 9.07 Å². The topological polar surface area (TPSA) is 56.1 Å². The van der Waals surface area contributed by atoms with E-state index >= 15 is 0 Å². The van der Waals surface area contributed by atoms with Crippen molar-refractivity contribution in [2.24, 2.45) is 0 Å². The van der Waals surface area contributed by atoms with E-state index in [1.807, 2.05) is 79.2 Å². The molecule has 0 unspecified atom stereocenters. The zero-order chi connectivity index (χ0) is 23.1. The van der Waals surface area contributed by atoms with Crippen molar-refractivity contribution in [3.8, 4) is 5.75 Å². The fraction of sp³-hybridized carbons (Fsp3) is 0.231. The number of amides is 1. The predicted molar refractivity (Wildman–Crippen MR) is 127 cm³/mol. The molecule has 6 heteroatoms. The number of benzene rings is 2. The Morgan fingerprint density at radius 1 is 1.25 bits per heavy atom. The van der Waals surface area contributed by atoms with Crippen LogP contribution in [0.2, 0.25) is 0 Å². The highest BCUT2D eigenvalue weighted by molar-refractivity contribution is 5.84. The lowest BCUT2D eigenvalue weighted by atomic mass is 10.0. The molecule has 1 amide bonds. The number of hydrogen-bond donors (Lipinski definition) is 1. The Bertz CT molecular complexity index is 1140. The van der Waals surface area contributed by atoms with Crippen LogP contribution in [0.4, 0.5) is 4.39 Å². The Balaban J connectivity index is 1.94. The summed E-state index contributed by atoms with van der Waals surface area (Å²) in [5.41, 5.74) is 3.87. The van der Waals surface area contributed by atoms with Gasteiger partial charge in [0.1, 0.15) is 11.9 Å². The molecule has 0 aliphatic heterocycles. The minimum atomic E-state index is -1.07. The van der Waals surface area contributed by atoms with E-state index in [1.165, 1.54) is 0 Å².